The lowest BCUT2D eigenvalue weighted by atomic mass is 9.91. The molecule has 0 aromatic heterocycles. The Labute approximate surface area is 156 Å². The number of unbranched alkanes of at least 4 members (excludes halogenated alkanes) is 2. The second-order valence-corrected chi connectivity index (χ2v) is 7.70. The lowest BCUT2D eigenvalue weighted by Crippen LogP contribution is -2.34. The van der Waals surface area contributed by atoms with Gasteiger partial charge in [0.15, 0.2) is 0 Å². The van der Waals surface area contributed by atoms with Crippen LogP contribution in [0.2, 0.25) is 0 Å². The van der Waals surface area contributed by atoms with Crippen molar-refractivity contribution in [2.24, 2.45) is 11.8 Å². The lowest BCUT2D eigenvalue weighted by Gasteiger charge is -2.23. The smallest absolute Gasteiger partial charge is 0.246 e. The summed E-state index contributed by atoms with van der Waals surface area (Å²) in [5, 5.41) is 3.00. The third-order valence-corrected chi connectivity index (χ3v) is 5.64. The third-order valence-electron chi connectivity index (χ3n) is 5.00. The van der Waals surface area contributed by atoms with E-state index in [9.17, 15) is 9.59 Å². The van der Waals surface area contributed by atoms with Crippen LogP contribution < -0.4 is 5.32 Å². The molecule has 5 heteroatoms. The number of hydrogen-bond acceptors (Lipinski definition) is 3. The number of rotatable bonds is 6. The Hall–Kier alpha value is -1.49. The molecule has 2 amide bonds. The van der Waals surface area contributed by atoms with E-state index in [1.54, 1.807) is 6.08 Å². The SMILES string of the molecule is C=C1CCC(CCCCCN2C/C=C/C(S)C(C)/C=C/C2=O)C(=O)N1. The highest BCUT2D eigenvalue weighted by Gasteiger charge is 2.23. The van der Waals surface area contributed by atoms with Gasteiger partial charge in [-0.3, -0.25) is 9.59 Å². The molecule has 2 aliphatic heterocycles. The zero-order valence-corrected chi connectivity index (χ0v) is 16.0. The van der Waals surface area contributed by atoms with Crippen molar-refractivity contribution in [2.45, 2.75) is 50.7 Å². The van der Waals surface area contributed by atoms with Crippen molar-refractivity contribution in [1.29, 1.82) is 0 Å². The minimum Gasteiger partial charge on any atom is -0.335 e. The topological polar surface area (TPSA) is 49.4 Å². The van der Waals surface area contributed by atoms with E-state index in [1.807, 2.05) is 17.1 Å². The van der Waals surface area contributed by atoms with E-state index in [0.29, 0.717) is 6.54 Å². The molecule has 1 fully saturated rings. The molecule has 2 heterocycles. The van der Waals surface area contributed by atoms with Crippen LogP contribution in [0, 0.1) is 11.8 Å². The van der Waals surface area contributed by atoms with Gasteiger partial charge in [-0.05, 0) is 37.7 Å². The van der Waals surface area contributed by atoms with E-state index in [2.05, 4.69) is 37.5 Å². The van der Waals surface area contributed by atoms with Gasteiger partial charge in [0.2, 0.25) is 11.8 Å². The molecule has 0 aliphatic carbocycles. The maximum absolute atomic E-state index is 12.3. The maximum Gasteiger partial charge on any atom is 0.246 e. The van der Waals surface area contributed by atoms with Crippen molar-refractivity contribution >= 4 is 24.4 Å². The molecule has 3 atom stereocenters. The third kappa shape index (κ3) is 6.38. The van der Waals surface area contributed by atoms with Gasteiger partial charge in [-0.25, -0.2) is 0 Å². The van der Waals surface area contributed by atoms with Crippen molar-refractivity contribution < 1.29 is 9.59 Å². The molecule has 0 spiro atoms. The summed E-state index contributed by atoms with van der Waals surface area (Å²) < 4.78 is 0. The summed E-state index contributed by atoms with van der Waals surface area (Å²) in [6.07, 6.45) is 13.5. The summed E-state index contributed by atoms with van der Waals surface area (Å²) >= 11 is 4.54. The molecule has 2 rings (SSSR count). The van der Waals surface area contributed by atoms with Crippen LogP contribution in [0.4, 0.5) is 0 Å². The molecular formula is C20H30N2O2S. The number of allylic oxidation sites excluding steroid dienone is 2. The minimum atomic E-state index is 0.0732. The number of thiol groups is 1. The number of hydrogen-bond donors (Lipinski definition) is 2. The summed E-state index contributed by atoms with van der Waals surface area (Å²) in [7, 11) is 0. The number of nitrogens with zero attached hydrogens (tertiary/aromatic N) is 1. The van der Waals surface area contributed by atoms with Crippen molar-refractivity contribution in [3.63, 3.8) is 0 Å². The van der Waals surface area contributed by atoms with Crippen LogP contribution in [0.5, 0.6) is 0 Å². The monoisotopic (exact) mass is 362 g/mol. The second kappa shape index (κ2) is 9.85. The van der Waals surface area contributed by atoms with Gasteiger partial charge >= 0.3 is 0 Å². The molecule has 1 saturated heterocycles. The largest absolute Gasteiger partial charge is 0.335 e. The fourth-order valence-electron chi connectivity index (χ4n) is 3.21. The first kappa shape index (κ1) is 19.8. The highest BCUT2D eigenvalue weighted by Crippen LogP contribution is 2.22. The van der Waals surface area contributed by atoms with Crippen molar-refractivity contribution in [3.8, 4) is 0 Å². The first-order valence-corrected chi connectivity index (χ1v) is 9.79. The predicted molar refractivity (Wildman–Crippen MR) is 105 cm³/mol. The molecule has 2 aliphatic rings. The summed E-state index contributed by atoms with van der Waals surface area (Å²) in [6.45, 7) is 7.28. The van der Waals surface area contributed by atoms with E-state index < -0.39 is 0 Å². The molecule has 0 bridgehead atoms. The first-order chi connectivity index (χ1) is 12.0. The summed E-state index contributed by atoms with van der Waals surface area (Å²) in [5.74, 6) is 0.569. The van der Waals surface area contributed by atoms with E-state index in [-0.39, 0.29) is 28.9 Å². The average Bonchev–Trinajstić information content (AvgIpc) is 2.63. The number of carbonyl (C=O) groups is 2. The van der Waals surface area contributed by atoms with Crippen LogP contribution >= 0.6 is 12.6 Å². The molecule has 0 saturated carbocycles. The van der Waals surface area contributed by atoms with Gasteiger partial charge in [0.05, 0.1) is 0 Å². The first-order valence-electron chi connectivity index (χ1n) is 9.28. The zero-order valence-electron chi connectivity index (χ0n) is 15.1. The van der Waals surface area contributed by atoms with Gasteiger partial charge in [-0.2, -0.15) is 12.6 Å². The van der Waals surface area contributed by atoms with E-state index in [0.717, 1.165) is 50.8 Å². The quantitative estimate of drug-likeness (QED) is 0.432. The molecule has 0 aromatic carbocycles. The van der Waals surface area contributed by atoms with Crippen molar-refractivity contribution in [2.75, 3.05) is 13.1 Å². The molecule has 0 aromatic rings. The van der Waals surface area contributed by atoms with Crippen LogP contribution in [0.1, 0.15) is 45.4 Å². The summed E-state index contributed by atoms with van der Waals surface area (Å²) in [4.78, 5) is 26.0. The number of amides is 2. The van der Waals surface area contributed by atoms with Crippen LogP contribution in [0.3, 0.4) is 0 Å². The number of carbonyl (C=O) groups excluding carboxylic acids is 2. The van der Waals surface area contributed by atoms with Gasteiger partial charge in [0.1, 0.15) is 0 Å². The Kier molecular flexibility index (Phi) is 7.82. The summed E-state index contributed by atoms with van der Waals surface area (Å²) in [5.41, 5.74) is 0.839. The van der Waals surface area contributed by atoms with Crippen LogP contribution in [-0.4, -0.2) is 35.1 Å². The van der Waals surface area contributed by atoms with Crippen LogP contribution in [0.25, 0.3) is 0 Å². The molecule has 3 unspecified atom stereocenters. The Morgan fingerprint density at radius 1 is 1.28 bits per heavy atom. The number of piperidine rings is 1. The van der Waals surface area contributed by atoms with Crippen molar-refractivity contribution in [3.05, 3.63) is 36.6 Å². The highest BCUT2D eigenvalue weighted by atomic mass is 32.1. The second-order valence-electron chi connectivity index (χ2n) is 7.10. The van der Waals surface area contributed by atoms with Gasteiger partial charge in [-0.1, -0.05) is 44.6 Å². The lowest BCUT2D eigenvalue weighted by molar-refractivity contribution is -0.126. The molecule has 138 valence electrons. The number of nitrogens with one attached hydrogen (secondary N) is 1. The van der Waals surface area contributed by atoms with Crippen LogP contribution in [0.15, 0.2) is 36.6 Å². The van der Waals surface area contributed by atoms with Gasteiger partial charge in [0.25, 0.3) is 0 Å². The molecule has 25 heavy (non-hydrogen) atoms. The Morgan fingerprint density at radius 3 is 2.84 bits per heavy atom. The van der Waals surface area contributed by atoms with Gasteiger partial charge < -0.3 is 10.2 Å². The van der Waals surface area contributed by atoms with Gasteiger partial charge in [-0.15, -0.1) is 0 Å². The van der Waals surface area contributed by atoms with Crippen LogP contribution in [-0.2, 0) is 9.59 Å². The Bertz CT molecular complexity index is 556. The van der Waals surface area contributed by atoms with E-state index in [1.165, 1.54) is 0 Å². The minimum absolute atomic E-state index is 0.0732. The average molecular weight is 363 g/mol. The maximum atomic E-state index is 12.3. The standard InChI is InChI=1S/C20H30N2O2S/c1-15-9-12-19(23)22(14-6-8-18(15)25)13-5-3-4-7-17-11-10-16(2)21-20(17)24/h6,8-9,12,15,17-18,25H,2-5,7,10-11,13-14H2,1H3,(H,21,24)/b8-6+,12-9+. The fourth-order valence-corrected chi connectivity index (χ4v) is 3.43. The predicted octanol–water partition coefficient (Wildman–Crippen LogP) is 3.48. The van der Waals surface area contributed by atoms with Gasteiger partial charge in [0, 0.05) is 30.0 Å². The normalized spacial score (nSPS) is 30.2. The van der Waals surface area contributed by atoms with E-state index in [4.69, 9.17) is 0 Å². The molecule has 0 radical (unpaired) electrons. The summed E-state index contributed by atoms with van der Waals surface area (Å²) in [6, 6.07) is 0. The van der Waals surface area contributed by atoms with E-state index >= 15 is 0 Å². The highest BCUT2D eigenvalue weighted by molar-refractivity contribution is 7.81. The Morgan fingerprint density at radius 2 is 2.08 bits per heavy atom. The molecular weight excluding hydrogens is 332 g/mol. The molecule has 4 nitrogen and oxygen atoms in total. The van der Waals surface area contributed by atoms with Crippen molar-refractivity contribution in [1.82, 2.24) is 10.2 Å². The fraction of sp³-hybridized carbons (Fsp3) is 0.600. The zero-order chi connectivity index (χ0) is 18.2. The Balaban J connectivity index is 1.70. The molecule has 1 N–H and O–H groups in total.